The highest BCUT2D eigenvalue weighted by atomic mass is 14.9. The molecule has 0 spiro atoms. The standard InChI is InChI=1S/C11H25N/c1-7-12-8-10(9(2)3)11(4,5)6/h9-10,12H,7-8H2,1-6H3/t10-/m0/s1. The first-order chi connectivity index (χ1) is 5.39. The van der Waals surface area contributed by atoms with Crippen LogP contribution >= 0.6 is 0 Å². The molecule has 0 aliphatic heterocycles. The zero-order valence-electron chi connectivity index (χ0n) is 9.57. The van der Waals surface area contributed by atoms with Crippen LogP contribution in [-0.2, 0) is 0 Å². The van der Waals surface area contributed by atoms with Crippen LogP contribution in [0.2, 0.25) is 0 Å². The van der Waals surface area contributed by atoms with Gasteiger partial charge in [0.1, 0.15) is 0 Å². The van der Waals surface area contributed by atoms with Gasteiger partial charge in [0.2, 0.25) is 0 Å². The highest BCUT2D eigenvalue weighted by Gasteiger charge is 2.26. The second-order valence-corrected chi connectivity index (χ2v) is 5.02. The highest BCUT2D eigenvalue weighted by molar-refractivity contribution is 4.78. The largest absolute Gasteiger partial charge is 0.317 e. The topological polar surface area (TPSA) is 12.0 Å². The summed E-state index contributed by atoms with van der Waals surface area (Å²) in [6, 6.07) is 0. The van der Waals surface area contributed by atoms with E-state index in [1.165, 1.54) is 0 Å². The minimum atomic E-state index is 0.427. The Kier molecular flexibility index (Phi) is 4.84. The molecule has 0 unspecified atom stereocenters. The molecule has 1 nitrogen and oxygen atoms in total. The second-order valence-electron chi connectivity index (χ2n) is 5.02. The molecule has 74 valence electrons. The van der Waals surface area contributed by atoms with Gasteiger partial charge in [-0.05, 0) is 30.3 Å². The predicted octanol–water partition coefficient (Wildman–Crippen LogP) is 2.91. The van der Waals surface area contributed by atoms with Crippen molar-refractivity contribution in [3.05, 3.63) is 0 Å². The lowest BCUT2D eigenvalue weighted by Crippen LogP contribution is -2.35. The summed E-state index contributed by atoms with van der Waals surface area (Å²) in [5.41, 5.74) is 0.427. The van der Waals surface area contributed by atoms with E-state index in [1.54, 1.807) is 0 Å². The van der Waals surface area contributed by atoms with Crippen molar-refractivity contribution in [1.29, 1.82) is 0 Å². The first-order valence-electron chi connectivity index (χ1n) is 5.10. The fraction of sp³-hybridized carbons (Fsp3) is 1.00. The van der Waals surface area contributed by atoms with Crippen LogP contribution in [-0.4, -0.2) is 13.1 Å². The third-order valence-corrected chi connectivity index (χ3v) is 2.53. The normalized spacial score (nSPS) is 15.2. The Labute approximate surface area is 77.9 Å². The summed E-state index contributed by atoms with van der Waals surface area (Å²) in [6.07, 6.45) is 0. The third kappa shape index (κ3) is 4.10. The van der Waals surface area contributed by atoms with Crippen molar-refractivity contribution in [1.82, 2.24) is 5.32 Å². The van der Waals surface area contributed by atoms with Crippen molar-refractivity contribution in [3.63, 3.8) is 0 Å². The number of hydrogen-bond acceptors (Lipinski definition) is 1. The maximum atomic E-state index is 3.44. The summed E-state index contributed by atoms with van der Waals surface area (Å²) >= 11 is 0. The van der Waals surface area contributed by atoms with E-state index in [-0.39, 0.29) is 0 Å². The Balaban J connectivity index is 4.05. The molecule has 0 aliphatic carbocycles. The van der Waals surface area contributed by atoms with Crippen molar-refractivity contribution in [2.75, 3.05) is 13.1 Å². The molecule has 1 N–H and O–H groups in total. The molecule has 0 bridgehead atoms. The number of hydrogen-bond donors (Lipinski definition) is 1. The lowest BCUT2D eigenvalue weighted by molar-refractivity contribution is 0.174. The molecule has 0 fully saturated rings. The van der Waals surface area contributed by atoms with E-state index in [9.17, 15) is 0 Å². The summed E-state index contributed by atoms with van der Waals surface area (Å²) in [4.78, 5) is 0. The number of rotatable bonds is 4. The molecule has 0 aromatic heterocycles. The summed E-state index contributed by atoms with van der Waals surface area (Å²) in [5.74, 6) is 1.54. The molecule has 0 aromatic carbocycles. The second kappa shape index (κ2) is 4.86. The molecule has 0 amide bonds. The van der Waals surface area contributed by atoms with Crippen LogP contribution in [0.25, 0.3) is 0 Å². The molecular formula is C11H25N. The molecule has 0 radical (unpaired) electrons. The molecule has 0 rings (SSSR count). The first-order valence-corrected chi connectivity index (χ1v) is 5.10. The average Bonchev–Trinajstić information content (AvgIpc) is 1.84. The van der Waals surface area contributed by atoms with E-state index >= 15 is 0 Å². The van der Waals surface area contributed by atoms with Crippen molar-refractivity contribution in [2.45, 2.75) is 41.5 Å². The number of nitrogens with one attached hydrogen (secondary N) is 1. The molecule has 0 heterocycles. The van der Waals surface area contributed by atoms with Gasteiger partial charge in [-0.15, -0.1) is 0 Å². The predicted molar refractivity (Wildman–Crippen MR) is 56.3 cm³/mol. The lowest BCUT2D eigenvalue weighted by Gasteiger charge is -2.34. The van der Waals surface area contributed by atoms with Crippen molar-refractivity contribution >= 4 is 0 Å². The van der Waals surface area contributed by atoms with Gasteiger partial charge in [0.15, 0.2) is 0 Å². The van der Waals surface area contributed by atoms with Crippen molar-refractivity contribution in [2.24, 2.45) is 17.3 Å². The van der Waals surface area contributed by atoms with Crippen molar-refractivity contribution in [3.8, 4) is 0 Å². The zero-order valence-corrected chi connectivity index (χ0v) is 9.57. The van der Waals surface area contributed by atoms with Gasteiger partial charge in [0.05, 0.1) is 0 Å². The average molecular weight is 171 g/mol. The lowest BCUT2D eigenvalue weighted by atomic mass is 9.74. The van der Waals surface area contributed by atoms with E-state index in [4.69, 9.17) is 0 Å². The maximum absolute atomic E-state index is 3.44. The van der Waals surface area contributed by atoms with Gasteiger partial charge in [-0.1, -0.05) is 41.5 Å². The van der Waals surface area contributed by atoms with E-state index in [1.807, 2.05) is 0 Å². The van der Waals surface area contributed by atoms with E-state index < -0.39 is 0 Å². The fourth-order valence-corrected chi connectivity index (χ4v) is 1.84. The van der Waals surface area contributed by atoms with Crippen LogP contribution in [0.4, 0.5) is 0 Å². The minimum absolute atomic E-state index is 0.427. The van der Waals surface area contributed by atoms with Crippen LogP contribution in [0.15, 0.2) is 0 Å². The van der Waals surface area contributed by atoms with Crippen molar-refractivity contribution < 1.29 is 0 Å². The van der Waals surface area contributed by atoms with Gasteiger partial charge in [0.25, 0.3) is 0 Å². The molecule has 12 heavy (non-hydrogen) atoms. The third-order valence-electron chi connectivity index (χ3n) is 2.53. The fourth-order valence-electron chi connectivity index (χ4n) is 1.84. The van der Waals surface area contributed by atoms with Crippen LogP contribution in [0.3, 0.4) is 0 Å². The molecule has 1 atom stereocenters. The Morgan fingerprint density at radius 2 is 1.67 bits per heavy atom. The molecule has 1 heteroatoms. The molecule has 0 aromatic rings. The molecular weight excluding hydrogens is 146 g/mol. The van der Waals surface area contributed by atoms with Gasteiger partial charge in [0, 0.05) is 0 Å². The van der Waals surface area contributed by atoms with E-state index in [0.29, 0.717) is 5.41 Å². The SMILES string of the molecule is CCNC[C@@H](C(C)C)C(C)(C)C. The quantitative estimate of drug-likeness (QED) is 0.686. The van der Waals surface area contributed by atoms with Crippen LogP contribution in [0.1, 0.15) is 41.5 Å². The Morgan fingerprint density at radius 1 is 1.17 bits per heavy atom. The Morgan fingerprint density at radius 3 is 1.92 bits per heavy atom. The van der Waals surface area contributed by atoms with Crippen LogP contribution in [0.5, 0.6) is 0 Å². The van der Waals surface area contributed by atoms with E-state index in [2.05, 4.69) is 46.9 Å². The summed E-state index contributed by atoms with van der Waals surface area (Å²) in [7, 11) is 0. The van der Waals surface area contributed by atoms with Gasteiger partial charge in [-0.2, -0.15) is 0 Å². The van der Waals surface area contributed by atoms with Gasteiger partial charge < -0.3 is 5.32 Å². The maximum Gasteiger partial charge on any atom is -0.00132 e. The Bertz CT molecular complexity index is 111. The molecule has 0 aliphatic rings. The summed E-state index contributed by atoms with van der Waals surface area (Å²) in [5, 5.41) is 3.44. The van der Waals surface area contributed by atoms with Gasteiger partial charge in [-0.25, -0.2) is 0 Å². The monoisotopic (exact) mass is 171 g/mol. The van der Waals surface area contributed by atoms with Gasteiger partial charge >= 0.3 is 0 Å². The Hall–Kier alpha value is -0.0400. The highest BCUT2D eigenvalue weighted by Crippen LogP contribution is 2.31. The van der Waals surface area contributed by atoms with Crippen LogP contribution in [0, 0.1) is 17.3 Å². The molecule has 0 saturated carbocycles. The van der Waals surface area contributed by atoms with E-state index in [0.717, 1.165) is 24.9 Å². The molecule has 0 saturated heterocycles. The summed E-state index contributed by atoms with van der Waals surface area (Å²) in [6.45, 7) is 16.0. The zero-order chi connectivity index (χ0) is 9.78. The minimum Gasteiger partial charge on any atom is -0.317 e. The smallest absolute Gasteiger partial charge is 0.00132 e. The van der Waals surface area contributed by atoms with Gasteiger partial charge in [-0.3, -0.25) is 0 Å². The summed E-state index contributed by atoms with van der Waals surface area (Å²) < 4.78 is 0. The van der Waals surface area contributed by atoms with Crippen LogP contribution < -0.4 is 5.32 Å². The first kappa shape index (κ1) is 12.0.